The van der Waals surface area contributed by atoms with E-state index in [2.05, 4.69) is 0 Å². The molecule has 0 aliphatic rings. The van der Waals surface area contributed by atoms with Gasteiger partial charge in [-0.15, -0.1) is 0 Å². The van der Waals surface area contributed by atoms with E-state index in [4.69, 9.17) is 8.83 Å². The van der Waals surface area contributed by atoms with Crippen LogP contribution >= 0.6 is 22.7 Å². The molecule has 0 spiro atoms. The van der Waals surface area contributed by atoms with E-state index in [1.165, 1.54) is 0 Å². The van der Waals surface area contributed by atoms with Crippen molar-refractivity contribution in [3.8, 4) is 22.6 Å². The van der Waals surface area contributed by atoms with Crippen LogP contribution < -0.4 is 5.82 Å². The molecule has 16 heavy (non-hydrogen) atoms. The Balaban J connectivity index is 2.23. The number of hydrogen-bond donors (Lipinski definition) is 0. The van der Waals surface area contributed by atoms with E-state index in [1.54, 1.807) is 22.7 Å². The minimum atomic E-state index is -0.664. The lowest BCUT2D eigenvalue weighted by Gasteiger charge is -1.93. The first-order valence-electron chi connectivity index (χ1n) is 4.53. The van der Waals surface area contributed by atoms with E-state index >= 15 is 0 Å². The minimum Gasteiger partial charge on any atom is -0.390 e. The second kappa shape index (κ2) is 3.77. The standard InChI is InChI=1S/C11H6O3S2/c12-11-13-9(7-1-3-15-5-7)10(14-11)8-2-4-16-6-8/h1-6H. The molecule has 0 fully saturated rings. The van der Waals surface area contributed by atoms with E-state index in [0.717, 1.165) is 11.1 Å². The molecular formula is C11H6O3S2. The van der Waals surface area contributed by atoms with E-state index in [9.17, 15) is 4.79 Å². The number of rotatable bonds is 2. The van der Waals surface area contributed by atoms with Crippen LogP contribution in [-0.4, -0.2) is 0 Å². The Labute approximate surface area is 98.6 Å². The van der Waals surface area contributed by atoms with Crippen LogP contribution in [0.2, 0.25) is 0 Å². The maximum atomic E-state index is 11.2. The van der Waals surface area contributed by atoms with E-state index < -0.39 is 5.82 Å². The van der Waals surface area contributed by atoms with Crippen molar-refractivity contribution in [1.29, 1.82) is 0 Å². The van der Waals surface area contributed by atoms with Crippen LogP contribution in [-0.2, 0) is 0 Å². The lowest BCUT2D eigenvalue weighted by Crippen LogP contribution is -1.85. The Hall–Kier alpha value is -1.59. The first-order valence-corrected chi connectivity index (χ1v) is 6.42. The molecular weight excluding hydrogens is 244 g/mol. The van der Waals surface area contributed by atoms with Crippen LogP contribution in [0.5, 0.6) is 0 Å². The van der Waals surface area contributed by atoms with Gasteiger partial charge in [0.25, 0.3) is 0 Å². The molecule has 3 aromatic rings. The van der Waals surface area contributed by atoms with E-state index in [-0.39, 0.29) is 0 Å². The van der Waals surface area contributed by atoms with Crippen LogP contribution in [0.4, 0.5) is 0 Å². The maximum absolute atomic E-state index is 11.2. The molecule has 80 valence electrons. The molecule has 3 rings (SSSR count). The van der Waals surface area contributed by atoms with Gasteiger partial charge in [0.05, 0.1) is 0 Å². The Morgan fingerprint density at radius 3 is 1.75 bits per heavy atom. The molecule has 3 aromatic heterocycles. The number of hydrogen-bond acceptors (Lipinski definition) is 5. The first-order chi connectivity index (χ1) is 7.84. The molecule has 3 nitrogen and oxygen atoms in total. The van der Waals surface area contributed by atoms with Crippen molar-refractivity contribution in [1.82, 2.24) is 0 Å². The molecule has 0 aliphatic carbocycles. The molecule has 5 heteroatoms. The van der Waals surface area contributed by atoms with Gasteiger partial charge in [0.15, 0.2) is 11.5 Å². The molecule has 3 heterocycles. The summed E-state index contributed by atoms with van der Waals surface area (Å²) in [6, 6.07) is 3.79. The second-order valence-corrected chi connectivity index (χ2v) is 4.70. The summed E-state index contributed by atoms with van der Waals surface area (Å²) >= 11 is 3.10. The van der Waals surface area contributed by atoms with Gasteiger partial charge in [-0.3, -0.25) is 0 Å². The SMILES string of the molecule is O=c1oc(-c2ccsc2)c(-c2ccsc2)o1. The Kier molecular flexibility index (Phi) is 2.27. The summed E-state index contributed by atoms with van der Waals surface area (Å²) in [5.74, 6) is 0.344. The summed E-state index contributed by atoms with van der Waals surface area (Å²) in [5.41, 5.74) is 1.74. The van der Waals surface area contributed by atoms with Crippen LogP contribution in [0.25, 0.3) is 22.6 Å². The van der Waals surface area contributed by atoms with E-state index in [1.807, 2.05) is 33.7 Å². The van der Waals surface area contributed by atoms with Crippen molar-refractivity contribution in [2.45, 2.75) is 0 Å². The molecule has 0 saturated carbocycles. The molecule has 0 aliphatic heterocycles. The van der Waals surface area contributed by atoms with Crippen molar-refractivity contribution >= 4 is 22.7 Å². The summed E-state index contributed by atoms with van der Waals surface area (Å²) in [6.07, 6.45) is 0. The predicted octanol–water partition coefficient (Wildman–Crippen LogP) is 3.69. The molecule has 0 unspecified atom stereocenters. The molecule has 0 radical (unpaired) electrons. The number of thiophene rings is 2. The van der Waals surface area contributed by atoms with Crippen LogP contribution in [0, 0.1) is 0 Å². The quantitative estimate of drug-likeness (QED) is 0.696. The van der Waals surface area contributed by atoms with Crippen molar-refractivity contribution < 1.29 is 8.83 Å². The van der Waals surface area contributed by atoms with E-state index in [0.29, 0.717) is 11.5 Å². The third-order valence-corrected chi connectivity index (χ3v) is 3.51. The normalized spacial score (nSPS) is 10.8. The summed E-state index contributed by atoms with van der Waals surface area (Å²) in [4.78, 5) is 11.2. The smallest absolute Gasteiger partial charge is 0.390 e. The fraction of sp³-hybridized carbons (Fsp3) is 0. The second-order valence-electron chi connectivity index (χ2n) is 3.14. The monoisotopic (exact) mass is 250 g/mol. The van der Waals surface area contributed by atoms with Gasteiger partial charge in [-0.25, -0.2) is 4.79 Å². The molecule has 0 amide bonds. The largest absolute Gasteiger partial charge is 0.519 e. The summed E-state index contributed by atoms with van der Waals surface area (Å²) in [6.45, 7) is 0. The third-order valence-electron chi connectivity index (χ3n) is 2.14. The van der Waals surface area contributed by atoms with Crippen molar-refractivity contribution in [2.75, 3.05) is 0 Å². The van der Waals surface area contributed by atoms with Crippen LogP contribution in [0.1, 0.15) is 0 Å². The summed E-state index contributed by atoms with van der Waals surface area (Å²) < 4.78 is 10.1. The zero-order chi connectivity index (χ0) is 11.0. The molecule has 0 bridgehead atoms. The van der Waals surface area contributed by atoms with Gasteiger partial charge < -0.3 is 8.83 Å². The van der Waals surface area contributed by atoms with Gasteiger partial charge in [0.1, 0.15) is 0 Å². The average Bonchev–Trinajstić information content (AvgIpc) is 2.98. The third kappa shape index (κ3) is 1.54. The lowest BCUT2D eigenvalue weighted by atomic mass is 10.1. The van der Waals surface area contributed by atoms with Gasteiger partial charge in [-0.05, 0) is 22.9 Å². The average molecular weight is 250 g/mol. The Morgan fingerprint density at radius 1 is 0.875 bits per heavy atom. The van der Waals surface area contributed by atoms with Crippen LogP contribution in [0.3, 0.4) is 0 Å². The van der Waals surface area contributed by atoms with Crippen molar-refractivity contribution in [2.24, 2.45) is 0 Å². The van der Waals surface area contributed by atoms with Crippen molar-refractivity contribution in [3.05, 3.63) is 44.3 Å². The highest BCUT2D eigenvalue weighted by atomic mass is 32.1. The fourth-order valence-electron chi connectivity index (χ4n) is 1.45. The van der Waals surface area contributed by atoms with Gasteiger partial charge in [0.2, 0.25) is 0 Å². The predicted molar refractivity (Wildman–Crippen MR) is 63.9 cm³/mol. The molecule has 0 saturated heterocycles. The van der Waals surface area contributed by atoms with Crippen LogP contribution in [0.15, 0.2) is 47.3 Å². The summed E-state index contributed by atoms with van der Waals surface area (Å²) in [5, 5.41) is 7.70. The highest BCUT2D eigenvalue weighted by molar-refractivity contribution is 7.08. The Morgan fingerprint density at radius 2 is 1.38 bits per heavy atom. The fourth-order valence-corrected chi connectivity index (χ4v) is 2.72. The molecule has 0 aromatic carbocycles. The van der Waals surface area contributed by atoms with Gasteiger partial charge in [-0.2, -0.15) is 22.7 Å². The highest BCUT2D eigenvalue weighted by Gasteiger charge is 2.17. The molecule has 0 atom stereocenters. The first kappa shape index (κ1) is 9.62. The summed E-state index contributed by atoms with van der Waals surface area (Å²) in [7, 11) is 0. The van der Waals surface area contributed by atoms with Crippen molar-refractivity contribution in [3.63, 3.8) is 0 Å². The van der Waals surface area contributed by atoms with Gasteiger partial charge >= 0.3 is 5.82 Å². The zero-order valence-corrected chi connectivity index (χ0v) is 9.64. The minimum absolute atomic E-state index is 0.504. The zero-order valence-electron chi connectivity index (χ0n) is 8.01. The van der Waals surface area contributed by atoms with Gasteiger partial charge in [-0.1, -0.05) is 0 Å². The highest BCUT2D eigenvalue weighted by Crippen LogP contribution is 2.33. The maximum Gasteiger partial charge on any atom is 0.519 e. The molecule has 0 N–H and O–H groups in total. The Bertz CT molecular complexity index is 574. The lowest BCUT2D eigenvalue weighted by molar-refractivity contribution is 0.393. The topological polar surface area (TPSA) is 43.4 Å². The van der Waals surface area contributed by atoms with Gasteiger partial charge in [0, 0.05) is 21.9 Å².